The van der Waals surface area contributed by atoms with Crippen molar-refractivity contribution < 1.29 is 0 Å². The van der Waals surface area contributed by atoms with E-state index in [1.807, 2.05) is 0 Å². The van der Waals surface area contributed by atoms with Gasteiger partial charge in [-0.3, -0.25) is 4.90 Å². The van der Waals surface area contributed by atoms with Gasteiger partial charge >= 0.3 is 0 Å². The van der Waals surface area contributed by atoms with E-state index in [4.69, 9.17) is 5.73 Å². The van der Waals surface area contributed by atoms with Crippen LogP contribution in [0.25, 0.3) is 0 Å². The summed E-state index contributed by atoms with van der Waals surface area (Å²) in [5, 5.41) is 0. The van der Waals surface area contributed by atoms with Crippen LogP contribution in [0.4, 0.5) is 0 Å². The molecule has 2 atom stereocenters. The SMILES string of the molecule is NCC1(N2CC3CCC2C3)Cc2ccccc2C1. The fourth-order valence-corrected chi connectivity index (χ4v) is 4.64. The van der Waals surface area contributed by atoms with Crippen molar-refractivity contribution in [2.45, 2.75) is 43.7 Å². The highest BCUT2D eigenvalue weighted by Gasteiger charge is 2.49. The molecule has 4 rings (SSSR count). The quantitative estimate of drug-likeness (QED) is 0.859. The monoisotopic (exact) mass is 242 g/mol. The number of hydrogen-bond donors (Lipinski definition) is 1. The Morgan fingerprint density at radius 3 is 2.39 bits per heavy atom. The highest BCUT2D eigenvalue weighted by molar-refractivity contribution is 5.37. The first kappa shape index (κ1) is 11.0. The molecule has 1 aliphatic heterocycles. The largest absolute Gasteiger partial charge is 0.329 e. The molecule has 2 bridgehead atoms. The van der Waals surface area contributed by atoms with Crippen LogP contribution < -0.4 is 5.73 Å². The molecule has 2 fully saturated rings. The molecule has 0 radical (unpaired) electrons. The summed E-state index contributed by atoms with van der Waals surface area (Å²) in [5.74, 6) is 0.960. The number of hydrogen-bond acceptors (Lipinski definition) is 2. The lowest BCUT2D eigenvalue weighted by Crippen LogP contribution is -2.57. The molecule has 0 spiro atoms. The van der Waals surface area contributed by atoms with E-state index in [0.29, 0.717) is 0 Å². The molecule has 1 heterocycles. The molecule has 1 aromatic rings. The Morgan fingerprint density at radius 2 is 1.89 bits per heavy atom. The van der Waals surface area contributed by atoms with Crippen LogP contribution >= 0.6 is 0 Å². The zero-order valence-corrected chi connectivity index (χ0v) is 10.9. The molecule has 2 unspecified atom stereocenters. The minimum Gasteiger partial charge on any atom is -0.329 e. The van der Waals surface area contributed by atoms with Crippen molar-refractivity contribution in [2.24, 2.45) is 11.7 Å². The maximum absolute atomic E-state index is 6.22. The van der Waals surface area contributed by atoms with Gasteiger partial charge in [0.25, 0.3) is 0 Å². The lowest BCUT2D eigenvalue weighted by Gasteiger charge is -2.43. The molecule has 1 saturated heterocycles. The molecule has 3 aliphatic rings. The van der Waals surface area contributed by atoms with Crippen molar-refractivity contribution in [1.29, 1.82) is 0 Å². The zero-order valence-electron chi connectivity index (χ0n) is 10.9. The fourth-order valence-electron chi connectivity index (χ4n) is 4.64. The average Bonchev–Trinajstić information content (AvgIpc) is 3.11. The van der Waals surface area contributed by atoms with Crippen LogP contribution in [-0.4, -0.2) is 29.6 Å². The number of nitrogens with zero attached hydrogens (tertiary/aromatic N) is 1. The van der Waals surface area contributed by atoms with Gasteiger partial charge in [-0.25, -0.2) is 0 Å². The van der Waals surface area contributed by atoms with Gasteiger partial charge in [0.1, 0.15) is 0 Å². The summed E-state index contributed by atoms with van der Waals surface area (Å²) in [4.78, 5) is 2.78. The van der Waals surface area contributed by atoms with E-state index in [1.165, 1.54) is 49.8 Å². The van der Waals surface area contributed by atoms with Crippen LogP contribution in [-0.2, 0) is 12.8 Å². The lowest BCUT2D eigenvalue weighted by atomic mass is 9.91. The van der Waals surface area contributed by atoms with Gasteiger partial charge in [-0.1, -0.05) is 24.3 Å². The number of rotatable bonds is 2. The summed E-state index contributed by atoms with van der Waals surface area (Å²) in [6.07, 6.45) is 6.63. The molecule has 0 aromatic heterocycles. The van der Waals surface area contributed by atoms with Gasteiger partial charge in [-0.15, -0.1) is 0 Å². The predicted octanol–water partition coefficient (Wildman–Crippen LogP) is 1.97. The van der Waals surface area contributed by atoms with Gasteiger partial charge in [0.2, 0.25) is 0 Å². The Hall–Kier alpha value is -0.860. The average molecular weight is 242 g/mol. The first-order chi connectivity index (χ1) is 8.81. The van der Waals surface area contributed by atoms with E-state index in [-0.39, 0.29) is 5.54 Å². The maximum Gasteiger partial charge on any atom is 0.0415 e. The number of piperidine rings is 1. The van der Waals surface area contributed by atoms with E-state index in [2.05, 4.69) is 29.2 Å². The van der Waals surface area contributed by atoms with Crippen molar-refractivity contribution in [1.82, 2.24) is 4.90 Å². The van der Waals surface area contributed by atoms with Crippen LogP contribution in [0.15, 0.2) is 24.3 Å². The van der Waals surface area contributed by atoms with Crippen LogP contribution in [0.5, 0.6) is 0 Å². The first-order valence-corrected chi connectivity index (χ1v) is 7.34. The minimum atomic E-state index is 0.240. The molecule has 0 amide bonds. The molecule has 2 heteroatoms. The van der Waals surface area contributed by atoms with Crippen LogP contribution in [0.2, 0.25) is 0 Å². The second kappa shape index (κ2) is 3.82. The number of benzene rings is 1. The second-order valence-electron chi connectivity index (χ2n) is 6.54. The number of likely N-dealkylation sites (tertiary alicyclic amines) is 1. The van der Waals surface area contributed by atoms with Gasteiger partial charge in [0, 0.05) is 24.7 Å². The normalized spacial score (nSPS) is 32.9. The van der Waals surface area contributed by atoms with E-state index in [0.717, 1.165) is 18.5 Å². The summed E-state index contributed by atoms with van der Waals surface area (Å²) < 4.78 is 0. The molecule has 2 nitrogen and oxygen atoms in total. The molecular weight excluding hydrogens is 220 g/mol. The summed E-state index contributed by atoms with van der Waals surface area (Å²) in [7, 11) is 0. The Morgan fingerprint density at radius 1 is 1.17 bits per heavy atom. The highest BCUT2D eigenvalue weighted by Crippen LogP contribution is 2.45. The van der Waals surface area contributed by atoms with E-state index in [1.54, 1.807) is 0 Å². The smallest absolute Gasteiger partial charge is 0.0415 e. The van der Waals surface area contributed by atoms with Crippen molar-refractivity contribution in [3.05, 3.63) is 35.4 Å². The highest BCUT2D eigenvalue weighted by atomic mass is 15.3. The minimum absolute atomic E-state index is 0.240. The molecule has 1 saturated carbocycles. The Balaban J connectivity index is 1.66. The molecule has 1 aromatic carbocycles. The Bertz CT molecular complexity index is 443. The van der Waals surface area contributed by atoms with Crippen molar-refractivity contribution in [2.75, 3.05) is 13.1 Å². The third-order valence-electron chi connectivity index (χ3n) is 5.56. The predicted molar refractivity (Wildman–Crippen MR) is 73.5 cm³/mol. The topological polar surface area (TPSA) is 29.3 Å². The van der Waals surface area contributed by atoms with Crippen LogP contribution in [0, 0.1) is 5.92 Å². The molecule has 2 N–H and O–H groups in total. The standard InChI is InChI=1S/C16H22N2/c17-11-16(18-10-12-5-6-15(18)7-12)8-13-3-1-2-4-14(13)9-16/h1-4,12,15H,5-11,17H2. The first-order valence-electron chi connectivity index (χ1n) is 7.34. The van der Waals surface area contributed by atoms with E-state index < -0.39 is 0 Å². The summed E-state index contributed by atoms with van der Waals surface area (Å²) in [5.41, 5.74) is 9.52. The van der Waals surface area contributed by atoms with Gasteiger partial charge < -0.3 is 5.73 Å². The summed E-state index contributed by atoms with van der Waals surface area (Å²) in [6.45, 7) is 2.11. The fraction of sp³-hybridized carbons (Fsp3) is 0.625. The Labute approximate surface area is 109 Å². The van der Waals surface area contributed by atoms with Gasteiger partial charge in [0.05, 0.1) is 0 Å². The van der Waals surface area contributed by atoms with E-state index >= 15 is 0 Å². The van der Waals surface area contributed by atoms with Crippen LogP contribution in [0.1, 0.15) is 30.4 Å². The maximum atomic E-state index is 6.22. The van der Waals surface area contributed by atoms with Crippen molar-refractivity contribution in [3.63, 3.8) is 0 Å². The van der Waals surface area contributed by atoms with Crippen molar-refractivity contribution >= 4 is 0 Å². The third-order valence-corrected chi connectivity index (χ3v) is 5.56. The van der Waals surface area contributed by atoms with Gasteiger partial charge in [0.15, 0.2) is 0 Å². The second-order valence-corrected chi connectivity index (χ2v) is 6.54. The van der Waals surface area contributed by atoms with Gasteiger partial charge in [-0.2, -0.15) is 0 Å². The van der Waals surface area contributed by atoms with Crippen LogP contribution in [0.3, 0.4) is 0 Å². The molecule has 18 heavy (non-hydrogen) atoms. The molecular formula is C16H22N2. The Kier molecular flexibility index (Phi) is 2.33. The molecule has 96 valence electrons. The number of fused-ring (bicyclic) bond motifs is 3. The third kappa shape index (κ3) is 1.42. The molecule has 2 aliphatic carbocycles. The lowest BCUT2D eigenvalue weighted by molar-refractivity contribution is 0.0680. The zero-order chi connectivity index (χ0) is 12.2. The number of nitrogens with two attached hydrogens (primary N) is 1. The summed E-state index contributed by atoms with van der Waals surface area (Å²) in [6, 6.07) is 9.75. The van der Waals surface area contributed by atoms with Crippen molar-refractivity contribution in [3.8, 4) is 0 Å². The van der Waals surface area contributed by atoms with Gasteiger partial charge in [-0.05, 0) is 49.1 Å². The summed E-state index contributed by atoms with van der Waals surface area (Å²) >= 11 is 0. The van der Waals surface area contributed by atoms with E-state index in [9.17, 15) is 0 Å².